The van der Waals surface area contributed by atoms with Crippen LogP contribution in [0.4, 0.5) is 11.6 Å². The number of methoxy groups -OCH3 is 4. The van der Waals surface area contributed by atoms with E-state index in [0.717, 1.165) is 0 Å². The largest absolute Gasteiger partial charge is 0.495 e. The maximum absolute atomic E-state index is 13.6. The Morgan fingerprint density at radius 2 is 1.67 bits per heavy atom. The van der Waals surface area contributed by atoms with Crippen molar-refractivity contribution in [2.45, 2.75) is 13.0 Å². The molecule has 0 bridgehead atoms. The fraction of sp³-hybridized carbons (Fsp3) is 0.273. The predicted molar refractivity (Wildman–Crippen MR) is 120 cm³/mol. The number of ether oxygens (including phenoxy) is 4. The molecule has 11 heteroatoms. The van der Waals surface area contributed by atoms with Gasteiger partial charge in [-0.05, 0) is 47.2 Å². The Bertz CT molecular complexity index is 1200. The van der Waals surface area contributed by atoms with Crippen molar-refractivity contribution < 1.29 is 23.7 Å². The molecule has 2 N–H and O–H groups in total. The highest BCUT2D eigenvalue weighted by molar-refractivity contribution is 6.06. The van der Waals surface area contributed by atoms with Crippen molar-refractivity contribution in [2.75, 3.05) is 39.1 Å². The second-order valence-electron chi connectivity index (χ2n) is 7.13. The summed E-state index contributed by atoms with van der Waals surface area (Å²) in [6, 6.07) is 10.0. The van der Waals surface area contributed by atoms with E-state index < -0.39 is 6.04 Å². The maximum Gasteiger partial charge on any atom is 0.255 e. The molecule has 1 atom stereocenters. The Hall–Kier alpha value is -4.28. The maximum atomic E-state index is 13.6. The SMILES string of the molecule is COc1ccccc1NC(=O)C1=C(C)Nc2nnnn2[C@H]1c1cc(OC)c(OC)c(OC)c1. The Labute approximate surface area is 190 Å². The number of carbonyl (C=O) groups is 1. The minimum Gasteiger partial charge on any atom is -0.495 e. The molecule has 33 heavy (non-hydrogen) atoms. The molecule has 0 saturated heterocycles. The van der Waals surface area contributed by atoms with Crippen molar-refractivity contribution in [3.05, 3.63) is 53.2 Å². The van der Waals surface area contributed by atoms with Gasteiger partial charge in [0.05, 0.1) is 39.7 Å². The lowest BCUT2D eigenvalue weighted by Gasteiger charge is -2.28. The van der Waals surface area contributed by atoms with Gasteiger partial charge in [-0.2, -0.15) is 4.68 Å². The number of amides is 1. The van der Waals surface area contributed by atoms with E-state index in [1.54, 1.807) is 38.3 Å². The van der Waals surface area contributed by atoms with Gasteiger partial charge in [0.15, 0.2) is 11.5 Å². The topological polar surface area (TPSA) is 122 Å². The number of tetrazole rings is 1. The minimum absolute atomic E-state index is 0.343. The monoisotopic (exact) mass is 452 g/mol. The summed E-state index contributed by atoms with van der Waals surface area (Å²) in [5, 5.41) is 17.9. The van der Waals surface area contributed by atoms with Crippen LogP contribution in [0.2, 0.25) is 0 Å². The van der Waals surface area contributed by atoms with Crippen LogP contribution in [0.3, 0.4) is 0 Å². The van der Waals surface area contributed by atoms with E-state index >= 15 is 0 Å². The summed E-state index contributed by atoms with van der Waals surface area (Å²) >= 11 is 0. The molecule has 2 aromatic carbocycles. The molecule has 3 aromatic rings. The highest BCUT2D eigenvalue weighted by Crippen LogP contribution is 2.43. The van der Waals surface area contributed by atoms with E-state index in [4.69, 9.17) is 18.9 Å². The van der Waals surface area contributed by atoms with Gasteiger partial charge in [-0.25, -0.2) is 0 Å². The molecule has 0 radical (unpaired) electrons. The first-order chi connectivity index (χ1) is 16.0. The molecule has 1 amide bonds. The molecule has 11 nitrogen and oxygen atoms in total. The zero-order chi connectivity index (χ0) is 23.5. The van der Waals surface area contributed by atoms with Gasteiger partial charge in [0.1, 0.15) is 11.8 Å². The number of nitrogens with one attached hydrogen (secondary N) is 2. The van der Waals surface area contributed by atoms with Crippen LogP contribution in [0.1, 0.15) is 18.5 Å². The standard InChI is InChI=1S/C22H24N6O5/c1-12-18(21(29)24-14-8-6-7-9-15(14)30-2)19(28-22(23-12)25-26-27-28)13-10-16(31-3)20(33-5)17(11-13)32-4/h6-11,19H,1-5H3,(H,24,29)(H,23,25,27)/t19-/m0/s1. The Balaban J connectivity index is 1.84. The van der Waals surface area contributed by atoms with Gasteiger partial charge in [-0.3, -0.25) is 4.79 Å². The van der Waals surface area contributed by atoms with Crippen LogP contribution in [0.5, 0.6) is 23.0 Å². The van der Waals surface area contributed by atoms with E-state index in [1.165, 1.54) is 26.0 Å². The Kier molecular flexibility index (Phi) is 6.03. The van der Waals surface area contributed by atoms with Gasteiger partial charge < -0.3 is 29.6 Å². The fourth-order valence-corrected chi connectivity index (χ4v) is 3.81. The molecule has 0 saturated carbocycles. The normalized spacial score (nSPS) is 14.8. The molecule has 172 valence electrons. The summed E-state index contributed by atoms with van der Waals surface area (Å²) in [6.07, 6.45) is 0. The molecule has 4 rings (SSSR count). The van der Waals surface area contributed by atoms with Gasteiger partial charge in [0.2, 0.25) is 11.7 Å². The lowest BCUT2D eigenvalue weighted by molar-refractivity contribution is -0.113. The van der Waals surface area contributed by atoms with Gasteiger partial charge in [-0.1, -0.05) is 17.2 Å². The predicted octanol–water partition coefficient (Wildman–Crippen LogP) is 2.64. The van der Waals surface area contributed by atoms with E-state index in [-0.39, 0.29) is 5.91 Å². The summed E-state index contributed by atoms with van der Waals surface area (Å²) in [6.45, 7) is 1.79. The summed E-state index contributed by atoms with van der Waals surface area (Å²) in [7, 11) is 6.13. The molecule has 1 aromatic heterocycles. The number of nitrogens with zero attached hydrogens (tertiary/aromatic N) is 4. The Morgan fingerprint density at radius 1 is 1.00 bits per heavy atom. The molecular weight excluding hydrogens is 428 g/mol. The molecule has 1 aliphatic heterocycles. The molecule has 1 aliphatic rings. The average Bonchev–Trinajstić information content (AvgIpc) is 3.30. The number of anilines is 2. The van der Waals surface area contributed by atoms with Gasteiger partial charge >= 0.3 is 0 Å². The number of benzene rings is 2. The highest BCUT2D eigenvalue weighted by atomic mass is 16.5. The van der Waals surface area contributed by atoms with Gasteiger partial charge in [0, 0.05) is 5.70 Å². The summed E-state index contributed by atoms with van der Waals surface area (Å²) in [4.78, 5) is 13.6. The summed E-state index contributed by atoms with van der Waals surface area (Å²) < 4.78 is 23.4. The molecule has 0 unspecified atom stereocenters. The molecular formula is C22H24N6O5. The van der Waals surface area contributed by atoms with Crippen LogP contribution >= 0.6 is 0 Å². The van der Waals surface area contributed by atoms with E-state index in [9.17, 15) is 4.79 Å². The van der Waals surface area contributed by atoms with Crippen molar-refractivity contribution >= 4 is 17.5 Å². The molecule has 0 fully saturated rings. The van der Waals surface area contributed by atoms with Crippen LogP contribution in [-0.2, 0) is 4.79 Å². The molecule has 0 aliphatic carbocycles. The van der Waals surface area contributed by atoms with Gasteiger partial charge in [0.25, 0.3) is 5.91 Å². The third kappa shape index (κ3) is 3.88. The lowest BCUT2D eigenvalue weighted by Crippen LogP contribution is -2.31. The molecule has 0 spiro atoms. The van der Waals surface area contributed by atoms with Crippen LogP contribution in [0, 0.1) is 0 Å². The number of hydrogen-bond acceptors (Lipinski definition) is 9. The number of hydrogen-bond donors (Lipinski definition) is 2. The van der Waals surface area contributed by atoms with Crippen LogP contribution in [0.15, 0.2) is 47.7 Å². The van der Waals surface area contributed by atoms with Crippen molar-refractivity contribution in [3.63, 3.8) is 0 Å². The number of allylic oxidation sites excluding steroid dienone is 1. The fourth-order valence-electron chi connectivity index (χ4n) is 3.81. The third-order valence-electron chi connectivity index (χ3n) is 5.32. The van der Waals surface area contributed by atoms with E-state index in [1.807, 2.05) is 12.1 Å². The number of para-hydroxylation sites is 2. The summed E-state index contributed by atoms with van der Waals surface area (Å²) in [5.41, 5.74) is 2.22. The zero-order valence-corrected chi connectivity index (χ0v) is 18.9. The van der Waals surface area contributed by atoms with Gasteiger partial charge in [-0.15, -0.1) is 0 Å². The lowest BCUT2D eigenvalue weighted by atomic mass is 9.94. The Morgan fingerprint density at radius 3 is 2.30 bits per heavy atom. The number of carbonyl (C=O) groups excluding carboxylic acids is 1. The second kappa shape index (κ2) is 9.07. The van der Waals surface area contributed by atoms with Crippen molar-refractivity contribution in [3.8, 4) is 23.0 Å². The van der Waals surface area contributed by atoms with Crippen molar-refractivity contribution in [2.24, 2.45) is 0 Å². The van der Waals surface area contributed by atoms with Crippen LogP contribution < -0.4 is 29.6 Å². The van der Waals surface area contributed by atoms with Crippen LogP contribution in [-0.4, -0.2) is 54.6 Å². The summed E-state index contributed by atoms with van der Waals surface area (Å²) in [5.74, 6) is 1.93. The smallest absolute Gasteiger partial charge is 0.255 e. The number of rotatable bonds is 7. The van der Waals surface area contributed by atoms with Crippen molar-refractivity contribution in [1.82, 2.24) is 20.2 Å². The first kappa shape index (κ1) is 21.9. The first-order valence-corrected chi connectivity index (χ1v) is 10.0. The van der Waals surface area contributed by atoms with Crippen LogP contribution in [0.25, 0.3) is 0 Å². The highest BCUT2D eigenvalue weighted by Gasteiger charge is 2.35. The van der Waals surface area contributed by atoms with E-state index in [0.29, 0.717) is 51.5 Å². The van der Waals surface area contributed by atoms with Crippen molar-refractivity contribution in [1.29, 1.82) is 0 Å². The second-order valence-corrected chi connectivity index (χ2v) is 7.13. The number of aromatic nitrogens is 4. The number of fused-ring (bicyclic) bond motifs is 1. The first-order valence-electron chi connectivity index (χ1n) is 10.0. The molecule has 2 heterocycles. The quantitative estimate of drug-likeness (QED) is 0.557. The average molecular weight is 452 g/mol. The third-order valence-corrected chi connectivity index (χ3v) is 5.32. The van der Waals surface area contributed by atoms with E-state index in [2.05, 4.69) is 26.2 Å². The minimum atomic E-state index is -0.667. The zero-order valence-electron chi connectivity index (χ0n) is 18.9.